The highest BCUT2D eigenvalue weighted by Gasteiger charge is 2.22. The molecule has 1 fully saturated rings. The van der Waals surface area contributed by atoms with Crippen molar-refractivity contribution in [2.45, 2.75) is 19.3 Å². The molecule has 1 aliphatic heterocycles. The first kappa shape index (κ1) is 18.3. The standard InChI is InChI=1S/C21H18FN5O3/c22-16-11-13(7-8-14(16)19-24-21(29)30-25-19)17-5-4-6-18-15(12-23-27(17)18)20(28)26-9-2-1-3-10-26/h4-8,11-12H,1-3,9-10H2,(H,24,25,29). The van der Waals surface area contributed by atoms with E-state index in [1.165, 1.54) is 12.1 Å². The number of fused-ring (bicyclic) bond motifs is 1. The maximum Gasteiger partial charge on any atom is 0.439 e. The molecule has 0 aliphatic carbocycles. The van der Waals surface area contributed by atoms with Crippen LogP contribution < -0.4 is 5.76 Å². The molecule has 3 aromatic heterocycles. The number of likely N-dealkylation sites (tertiary alicyclic amines) is 1. The van der Waals surface area contributed by atoms with Crippen LogP contribution in [0.3, 0.4) is 0 Å². The summed E-state index contributed by atoms with van der Waals surface area (Å²) in [6.45, 7) is 1.51. The predicted octanol–water partition coefficient (Wildman–Crippen LogP) is 3.11. The number of rotatable bonds is 3. The van der Waals surface area contributed by atoms with Crippen LogP contribution in [0, 0.1) is 5.82 Å². The minimum atomic E-state index is -0.749. The number of nitrogens with one attached hydrogen (secondary N) is 1. The van der Waals surface area contributed by atoms with Gasteiger partial charge in [0, 0.05) is 18.7 Å². The highest BCUT2D eigenvalue weighted by Crippen LogP contribution is 2.27. The average molecular weight is 407 g/mol. The van der Waals surface area contributed by atoms with Gasteiger partial charge in [-0.1, -0.05) is 17.3 Å². The van der Waals surface area contributed by atoms with Crippen LogP contribution in [0.4, 0.5) is 4.39 Å². The Morgan fingerprint density at radius 1 is 1.13 bits per heavy atom. The number of hydrogen-bond acceptors (Lipinski definition) is 5. The fraction of sp³-hybridized carbons (Fsp3) is 0.238. The zero-order valence-electron chi connectivity index (χ0n) is 16.0. The molecule has 0 unspecified atom stereocenters. The predicted molar refractivity (Wildman–Crippen MR) is 106 cm³/mol. The van der Waals surface area contributed by atoms with Crippen molar-refractivity contribution < 1.29 is 13.7 Å². The third kappa shape index (κ3) is 3.08. The molecule has 0 radical (unpaired) electrons. The van der Waals surface area contributed by atoms with Gasteiger partial charge in [-0.05, 0) is 43.5 Å². The monoisotopic (exact) mass is 407 g/mol. The average Bonchev–Trinajstić information content (AvgIpc) is 3.40. The summed E-state index contributed by atoms with van der Waals surface area (Å²) in [4.78, 5) is 28.3. The Morgan fingerprint density at radius 2 is 1.97 bits per heavy atom. The molecule has 0 atom stereocenters. The van der Waals surface area contributed by atoms with Gasteiger partial charge >= 0.3 is 5.76 Å². The fourth-order valence-electron chi connectivity index (χ4n) is 3.87. The summed E-state index contributed by atoms with van der Waals surface area (Å²) < 4.78 is 20.8. The Balaban J connectivity index is 1.54. The van der Waals surface area contributed by atoms with E-state index in [4.69, 9.17) is 0 Å². The van der Waals surface area contributed by atoms with E-state index in [0.29, 0.717) is 22.3 Å². The maximum absolute atomic E-state index is 14.7. The Morgan fingerprint density at radius 3 is 2.70 bits per heavy atom. The second kappa shape index (κ2) is 7.25. The number of benzene rings is 1. The molecule has 4 heterocycles. The maximum atomic E-state index is 14.7. The van der Waals surface area contributed by atoms with Gasteiger partial charge in [-0.2, -0.15) is 5.10 Å². The summed E-state index contributed by atoms with van der Waals surface area (Å²) in [7, 11) is 0. The third-order valence-electron chi connectivity index (χ3n) is 5.38. The lowest BCUT2D eigenvalue weighted by Gasteiger charge is -2.26. The van der Waals surface area contributed by atoms with Crippen LogP contribution in [0.2, 0.25) is 0 Å². The molecule has 0 spiro atoms. The molecule has 1 aliphatic rings. The first-order valence-corrected chi connectivity index (χ1v) is 9.74. The molecule has 1 amide bonds. The summed E-state index contributed by atoms with van der Waals surface area (Å²) in [6.07, 6.45) is 4.74. The van der Waals surface area contributed by atoms with E-state index >= 15 is 0 Å². The van der Waals surface area contributed by atoms with Gasteiger partial charge in [-0.3, -0.25) is 14.3 Å². The number of H-pyrrole nitrogens is 1. The van der Waals surface area contributed by atoms with Crippen LogP contribution in [-0.4, -0.2) is 43.7 Å². The Labute approximate surface area is 169 Å². The zero-order chi connectivity index (χ0) is 20.7. The molecule has 152 valence electrons. The second-order valence-electron chi connectivity index (χ2n) is 7.26. The van der Waals surface area contributed by atoms with Crippen LogP contribution >= 0.6 is 0 Å². The van der Waals surface area contributed by atoms with E-state index in [1.54, 1.807) is 16.8 Å². The number of aromatic nitrogens is 4. The molecular formula is C21H18FN5O3. The first-order chi connectivity index (χ1) is 14.6. The Kier molecular flexibility index (Phi) is 4.42. The van der Waals surface area contributed by atoms with Crippen LogP contribution in [0.5, 0.6) is 0 Å². The van der Waals surface area contributed by atoms with E-state index < -0.39 is 11.6 Å². The van der Waals surface area contributed by atoms with Crippen LogP contribution in [0.25, 0.3) is 28.2 Å². The number of halogens is 1. The summed E-state index contributed by atoms with van der Waals surface area (Å²) in [6, 6.07) is 10.0. The number of aromatic amines is 1. The summed E-state index contributed by atoms with van der Waals surface area (Å²) in [5, 5.41) is 7.92. The van der Waals surface area contributed by atoms with Gasteiger partial charge in [0.25, 0.3) is 5.91 Å². The number of piperidine rings is 1. The van der Waals surface area contributed by atoms with Crippen molar-refractivity contribution in [3.05, 3.63) is 64.5 Å². The molecule has 4 aromatic rings. The largest absolute Gasteiger partial charge is 0.439 e. The van der Waals surface area contributed by atoms with Gasteiger partial charge in [0.2, 0.25) is 0 Å². The smallest absolute Gasteiger partial charge is 0.339 e. The van der Waals surface area contributed by atoms with Crippen LogP contribution in [0.15, 0.2) is 51.9 Å². The van der Waals surface area contributed by atoms with Crippen molar-refractivity contribution in [3.63, 3.8) is 0 Å². The third-order valence-corrected chi connectivity index (χ3v) is 5.38. The molecule has 0 saturated carbocycles. The van der Waals surface area contributed by atoms with Crippen LogP contribution in [0.1, 0.15) is 29.6 Å². The van der Waals surface area contributed by atoms with E-state index in [0.717, 1.165) is 32.4 Å². The lowest BCUT2D eigenvalue weighted by atomic mass is 10.1. The second-order valence-corrected chi connectivity index (χ2v) is 7.26. The quantitative estimate of drug-likeness (QED) is 0.563. The fourth-order valence-corrected chi connectivity index (χ4v) is 3.87. The van der Waals surface area contributed by atoms with Gasteiger partial charge in [0.15, 0.2) is 5.82 Å². The minimum Gasteiger partial charge on any atom is -0.339 e. The highest BCUT2D eigenvalue weighted by atomic mass is 19.1. The van der Waals surface area contributed by atoms with Gasteiger partial charge in [0.1, 0.15) is 5.82 Å². The topological polar surface area (TPSA) is 96.5 Å². The van der Waals surface area contributed by atoms with Gasteiger partial charge < -0.3 is 4.90 Å². The van der Waals surface area contributed by atoms with Gasteiger partial charge in [0.05, 0.1) is 28.5 Å². The normalized spacial score (nSPS) is 14.4. The number of pyridine rings is 1. The zero-order valence-corrected chi connectivity index (χ0v) is 16.0. The number of carbonyl (C=O) groups excluding carboxylic acids is 1. The molecule has 1 saturated heterocycles. The van der Waals surface area contributed by atoms with E-state index in [9.17, 15) is 14.0 Å². The number of amides is 1. The molecule has 1 aromatic carbocycles. The molecule has 0 bridgehead atoms. The molecule has 30 heavy (non-hydrogen) atoms. The lowest BCUT2D eigenvalue weighted by molar-refractivity contribution is 0.0726. The molecule has 8 nitrogen and oxygen atoms in total. The summed E-state index contributed by atoms with van der Waals surface area (Å²) in [5.74, 6) is -1.32. The lowest BCUT2D eigenvalue weighted by Crippen LogP contribution is -2.35. The van der Waals surface area contributed by atoms with Gasteiger partial charge in [-0.25, -0.2) is 13.7 Å². The van der Waals surface area contributed by atoms with E-state index in [2.05, 4.69) is 19.8 Å². The molecule has 1 N–H and O–H groups in total. The van der Waals surface area contributed by atoms with Gasteiger partial charge in [-0.15, -0.1) is 0 Å². The summed E-state index contributed by atoms with van der Waals surface area (Å²) >= 11 is 0. The Bertz CT molecular complexity index is 1300. The Hall–Kier alpha value is -3.75. The van der Waals surface area contributed by atoms with Crippen molar-refractivity contribution in [1.82, 2.24) is 24.7 Å². The highest BCUT2D eigenvalue weighted by molar-refractivity contribution is 6.01. The summed E-state index contributed by atoms with van der Waals surface area (Å²) in [5.41, 5.74) is 2.56. The van der Waals surface area contributed by atoms with Crippen molar-refractivity contribution in [2.75, 3.05) is 13.1 Å². The van der Waals surface area contributed by atoms with Crippen molar-refractivity contribution >= 4 is 11.4 Å². The van der Waals surface area contributed by atoms with Crippen LogP contribution in [-0.2, 0) is 0 Å². The minimum absolute atomic E-state index is 0.0239. The van der Waals surface area contributed by atoms with Crippen molar-refractivity contribution in [3.8, 4) is 22.6 Å². The first-order valence-electron chi connectivity index (χ1n) is 9.74. The number of carbonyl (C=O) groups is 1. The molecular weight excluding hydrogens is 389 g/mol. The SMILES string of the molecule is O=C(c1cnn2c(-c3ccc(-c4noc(=O)[nH]4)c(F)c3)cccc12)N1CCCCC1. The number of hydrogen-bond donors (Lipinski definition) is 1. The molecule has 5 rings (SSSR count). The van der Waals surface area contributed by atoms with Crippen molar-refractivity contribution in [2.24, 2.45) is 0 Å². The van der Waals surface area contributed by atoms with Crippen molar-refractivity contribution in [1.29, 1.82) is 0 Å². The van der Waals surface area contributed by atoms with E-state index in [-0.39, 0.29) is 17.3 Å². The molecule has 9 heteroatoms. The number of nitrogens with zero attached hydrogens (tertiary/aromatic N) is 4. The van der Waals surface area contributed by atoms with E-state index in [1.807, 2.05) is 23.1 Å².